The lowest BCUT2D eigenvalue weighted by molar-refractivity contribution is 0.102. The van der Waals surface area contributed by atoms with Crippen molar-refractivity contribution >= 4 is 55.8 Å². The highest BCUT2D eigenvalue weighted by Crippen LogP contribution is 2.35. The summed E-state index contributed by atoms with van der Waals surface area (Å²) in [5.41, 5.74) is 1.76. The fraction of sp³-hybridized carbons (Fsp3) is 0.154. The zero-order chi connectivity index (χ0) is 15.1. The van der Waals surface area contributed by atoms with Gasteiger partial charge in [0.15, 0.2) is 10.8 Å². The van der Waals surface area contributed by atoms with E-state index in [4.69, 9.17) is 23.2 Å². The summed E-state index contributed by atoms with van der Waals surface area (Å²) in [5.74, 6) is -0.297. The zero-order valence-corrected chi connectivity index (χ0v) is 13.5. The summed E-state index contributed by atoms with van der Waals surface area (Å²) < 4.78 is 2.46. The highest BCUT2D eigenvalue weighted by atomic mass is 35.5. The van der Waals surface area contributed by atoms with E-state index in [2.05, 4.69) is 15.4 Å². The van der Waals surface area contributed by atoms with E-state index in [9.17, 15) is 4.79 Å². The van der Waals surface area contributed by atoms with Crippen molar-refractivity contribution in [2.45, 2.75) is 6.92 Å². The van der Waals surface area contributed by atoms with Crippen molar-refractivity contribution in [3.05, 3.63) is 39.6 Å². The van der Waals surface area contributed by atoms with Crippen LogP contribution in [-0.2, 0) is 7.05 Å². The van der Waals surface area contributed by atoms with E-state index in [1.54, 1.807) is 24.0 Å². The minimum atomic E-state index is -0.297. The number of rotatable bonds is 2. The lowest BCUT2D eigenvalue weighted by Crippen LogP contribution is -2.13. The van der Waals surface area contributed by atoms with Crippen molar-refractivity contribution in [1.29, 1.82) is 0 Å². The van der Waals surface area contributed by atoms with E-state index in [1.807, 2.05) is 13.0 Å². The Balaban J connectivity index is 1.93. The Morgan fingerprint density at radius 2 is 2.14 bits per heavy atom. The Labute approximate surface area is 134 Å². The Kier molecular flexibility index (Phi) is 3.61. The number of carbonyl (C=O) groups excluding carboxylic acids is 1. The lowest BCUT2D eigenvalue weighted by Gasteiger charge is -1.98. The highest BCUT2D eigenvalue weighted by molar-refractivity contribution is 7.22. The van der Waals surface area contributed by atoms with Gasteiger partial charge in [-0.25, -0.2) is 4.98 Å². The molecule has 8 heteroatoms. The van der Waals surface area contributed by atoms with Gasteiger partial charge in [-0.3, -0.25) is 14.8 Å². The smallest absolute Gasteiger partial charge is 0.278 e. The number of nitrogens with one attached hydrogen (secondary N) is 1. The van der Waals surface area contributed by atoms with E-state index in [-0.39, 0.29) is 5.91 Å². The first-order valence-electron chi connectivity index (χ1n) is 6.02. The Hall–Kier alpha value is -1.63. The van der Waals surface area contributed by atoms with Crippen LogP contribution in [-0.4, -0.2) is 20.7 Å². The summed E-state index contributed by atoms with van der Waals surface area (Å²) in [4.78, 5) is 16.5. The summed E-state index contributed by atoms with van der Waals surface area (Å²) in [5, 5.41) is 8.15. The molecule has 108 valence electrons. The van der Waals surface area contributed by atoms with Crippen molar-refractivity contribution in [3.63, 3.8) is 0 Å². The van der Waals surface area contributed by atoms with Gasteiger partial charge in [0.2, 0.25) is 0 Å². The molecule has 0 saturated heterocycles. The van der Waals surface area contributed by atoms with Gasteiger partial charge in [0.1, 0.15) is 5.52 Å². The van der Waals surface area contributed by atoms with Crippen LogP contribution < -0.4 is 5.32 Å². The predicted octanol–water partition coefficient (Wildman–Crippen LogP) is 3.90. The third kappa shape index (κ3) is 2.62. The van der Waals surface area contributed by atoms with Crippen LogP contribution in [0.25, 0.3) is 10.2 Å². The SMILES string of the molecule is Cc1cn(C)nc1C(=O)Nc1nc2c(Cl)c(Cl)ccc2s1. The molecule has 21 heavy (non-hydrogen) atoms. The topological polar surface area (TPSA) is 59.8 Å². The summed E-state index contributed by atoms with van der Waals surface area (Å²) in [6.45, 7) is 1.83. The largest absolute Gasteiger partial charge is 0.296 e. The Morgan fingerprint density at radius 3 is 2.81 bits per heavy atom. The molecule has 3 rings (SSSR count). The zero-order valence-electron chi connectivity index (χ0n) is 11.1. The van der Waals surface area contributed by atoms with Crippen molar-refractivity contribution in [1.82, 2.24) is 14.8 Å². The average molecular weight is 341 g/mol. The molecular formula is C13H10Cl2N4OS. The standard InChI is InChI=1S/C13H10Cl2N4OS/c1-6-5-19(2)18-10(6)12(20)17-13-16-11-8(21-13)4-3-7(14)9(11)15/h3-5H,1-2H3,(H,16,17,20). The predicted molar refractivity (Wildman–Crippen MR) is 85.5 cm³/mol. The van der Waals surface area contributed by atoms with Crippen molar-refractivity contribution in [2.24, 2.45) is 7.05 Å². The minimum absolute atomic E-state index is 0.297. The van der Waals surface area contributed by atoms with E-state index in [0.29, 0.717) is 26.4 Å². The lowest BCUT2D eigenvalue weighted by atomic mass is 10.3. The number of nitrogens with zero attached hydrogens (tertiary/aromatic N) is 3. The van der Waals surface area contributed by atoms with Crippen LogP contribution in [0.3, 0.4) is 0 Å². The fourth-order valence-electron chi connectivity index (χ4n) is 1.98. The molecule has 0 aliphatic carbocycles. The maximum atomic E-state index is 12.2. The first-order chi connectivity index (χ1) is 9.95. The van der Waals surface area contributed by atoms with Gasteiger partial charge in [0.05, 0.1) is 14.7 Å². The number of amides is 1. The molecule has 0 saturated carbocycles. The average Bonchev–Trinajstić information content (AvgIpc) is 2.97. The first kappa shape index (κ1) is 14.3. The number of aromatic nitrogens is 3. The van der Waals surface area contributed by atoms with Crippen LogP contribution in [0.5, 0.6) is 0 Å². The van der Waals surface area contributed by atoms with Gasteiger partial charge in [0.25, 0.3) is 5.91 Å². The van der Waals surface area contributed by atoms with Crippen LogP contribution in [0.2, 0.25) is 10.0 Å². The number of hydrogen-bond acceptors (Lipinski definition) is 4. The number of thiazole rings is 1. The molecule has 0 fully saturated rings. The number of benzene rings is 1. The molecule has 0 bridgehead atoms. The number of halogens is 2. The minimum Gasteiger partial charge on any atom is -0.296 e. The molecular weight excluding hydrogens is 331 g/mol. The number of carbonyl (C=O) groups is 1. The van der Waals surface area contributed by atoms with Crippen molar-refractivity contribution in [2.75, 3.05) is 5.32 Å². The van der Waals surface area contributed by atoms with Crippen molar-refractivity contribution < 1.29 is 4.79 Å². The molecule has 0 aliphatic rings. The maximum Gasteiger partial charge on any atom is 0.278 e. The highest BCUT2D eigenvalue weighted by Gasteiger charge is 2.16. The van der Waals surface area contributed by atoms with Crippen molar-refractivity contribution in [3.8, 4) is 0 Å². The van der Waals surface area contributed by atoms with Gasteiger partial charge in [0, 0.05) is 18.8 Å². The van der Waals surface area contributed by atoms with Crippen LogP contribution in [0, 0.1) is 6.92 Å². The molecule has 1 aromatic carbocycles. The number of fused-ring (bicyclic) bond motifs is 1. The van der Waals surface area contributed by atoms with Gasteiger partial charge in [-0.15, -0.1) is 0 Å². The molecule has 3 aromatic rings. The first-order valence-corrected chi connectivity index (χ1v) is 7.59. The normalized spacial score (nSPS) is 11.0. The Morgan fingerprint density at radius 1 is 1.38 bits per heavy atom. The third-order valence-electron chi connectivity index (χ3n) is 2.90. The molecule has 0 spiro atoms. The molecule has 1 amide bonds. The van der Waals surface area contributed by atoms with Gasteiger partial charge < -0.3 is 0 Å². The van der Waals surface area contributed by atoms with Gasteiger partial charge >= 0.3 is 0 Å². The quantitative estimate of drug-likeness (QED) is 0.769. The second kappa shape index (κ2) is 5.29. The van der Waals surface area contributed by atoms with Gasteiger partial charge in [-0.1, -0.05) is 34.5 Å². The Bertz CT molecular complexity index is 855. The van der Waals surface area contributed by atoms with E-state index < -0.39 is 0 Å². The monoisotopic (exact) mass is 340 g/mol. The summed E-state index contributed by atoms with van der Waals surface area (Å²) in [6, 6.07) is 3.53. The number of anilines is 1. The van der Waals surface area contributed by atoms with E-state index in [0.717, 1.165) is 10.3 Å². The molecule has 0 atom stereocenters. The molecule has 2 aromatic heterocycles. The third-order valence-corrected chi connectivity index (χ3v) is 4.63. The molecule has 5 nitrogen and oxygen atoms in total. The van der Waals surface area contributed by atoms with E-state index in [1.165, 1.54) is 11.3 Å². The second-order valence-electron chi connectivity index (χ2n) is 4.52. The summed E-state index contributed by atoms with van der Waals surface area (Å²) >= 11 is 13.4. The second-order valence-corrected chi connectivity index (χ2v) is 6.33. The molecule has 0 unspecified atom stereocenters. The molecule has 1 N–H and O–H groups in total. The van der Waals surface area contributed by atoms with Crippen LogP contribution in [0.15, 0.2) is 18.3 Å². The number of hydrogen-bond donors (Lipinski definition) is 1. The van der Waals surface area contributed by atoms with Crippen LogP contribution in [0.4, 0.5) is 5.13 Å². The molecule has 2 heterocycles. The van der Waals surface area contributed by atoms with E-state index >= 15 is 0 Å². The van der Waals surface area contributed by atoms with Gasteiger partial charge in [-0.2, -0.15) is 5.10 Å². The molecule has 0 radical (unpaired) electrons. The van der Waals surface area contributed by atoms with Crippen LogP contribution in [0.1, 0.15) is 16.1 Å². The van der Waals surface area contributed by atoms with Gasteiger partial charge in [-0.05, 0) is 19.1 Å². The van der Waals surface area contributed by atoms with Crippen LogP contribution >= 0.6 is 34.5 Å². The molecule has 0 aliphatic heterocycles. The summed E-state index contributed by atoms with van der Waals surface area (Å²) in [7, 11) is 1.77. The maximum absolute atomic E-state index is 12.2. The number of aryl methyl sites for hydroxylation is 2. The fourth-order valence-corrected chi connectivity index (χ4v) is 3.26. The summed E-state index contributed by atoms with van der Waals surface area (Å²) in [6.07, 6.45) is 1.78.